The molecule has 3 nitrogen and oxygen atoms in total. The Morgan fingerprint density at radius 1 is 1.32 bits per heavy atom. The van der Waals surface area contributed by atoms with Crippen LogP contribution in [-0.2, 0) is 0 Å². The highest BCUT2D eigenvalue weighted by atomic mass is 19.1. The normalized spacial score (nSPS) is 12.4. The largest absolute Gasteiger partial charge is 0.493 e. The van der Waals surface area contributed by atoms with Crippen LogP contribution in [0.4, 0.5) is 4.39 Å². The van der Waals surface area contributed by atoms with Gasteiger partial charge in [-0.05, 0) is 38.8 Å². The van der Waals surface area contributed by atoms with Gasteiger partial charge in [0, 0.05) is 24.3 Å². The van der Waals surface area contributed by atoms with Crippen molar-refractivity contribution < 1.29 is 14.2 Å². The van der Waals surface area contributed by atoms with Crippen LogP contribution in [0, 0.1) is 5.82 Å². The number of aliphatic hydroxyl groups excluding tert-OH is 1. The lowest BCUT2D eigenvalue weighted by Gasteiger charge is -2.14. The van der Waals surface area contributed by atoms with Gasteiger partial charge in [0.2, 0.25) is 0 Å². The molecule has 0 saturated carbocycles. The quantitative estimate of drug-likeness (QED) is 0.677. The monoisotopic (exact) mass is 269 g/mol. The molecule has 4 heteroatoms. The molecule has 1 unspecified atom stereocenters. The fourth-order valence-corrected chi connectivity index (χ4v) is 1.95. The van der Waals surface area contributed by atoms with Crippen molar-refractivity contribution in [1.82, 2.24) is 5.32 Å². The van der Waals surface area contributed by atoms with E-state index in [4.69, 9.17) is 9.84 Å². The number of unbranched alkanes of at least 4 members (excludes halogenated alkanes) is 2. The highest BCUT2D eigenvalue weighted by Gasteiger charge is 2.10. The zero-order chi connectivity index (χ0) is 14.1. The van der Waals surface area contributed by atoms with E-state index in [9.17, 15) is 4.39 Å². The first-order chi connectivity index (χ1) is 9.19. The summed E-state index contributed by atoms with van der Waals surface area (Å²) in [7, 11) is 0. The Labute approximate surface area is 114 Å². The summed E-state index contributed by atoms with van der Waals surface area (Å²) < 4.78 is 19.4. The van der Waals surface area contributed by atoms with Crippen LogP contribution in [0.5, 0.6) is 5.75 Å². The van der Waals surface area contributed by atoms with E-state index in [1.165, 1.54) is 6.07 Å². The van der Waals surface area contributed by atoms with Gasteiger partial charge in [0.1, 0.15) is 11.6 Å². The first-order valence-corrected chi connectivity index (χ1v) is 6.95. The molecule has 1 aromatic carbocycles. The molecule has 1 aromatic rings. The summed E-state index contributed by atoms with van der Waals surface area (Å²) in [6, 6.07) is 5.02. The number of aliphatic hydroxyl groups is 1. The van der Waals surface area contributed by atoms with Gasteiger partial charge in [0.25, 0.3) is 0 Å². The fraction of sp³-hybridized carbons (Fsp3) is 0.600. The number of hydrogen-bond acceptors (Lipinski definition) is 3. The van der Waals surface area contributed by atoms with Gasteiger partial charge in [-0.15, -0.1) is 0 Å². The predicted octanol–water partition coefficient (Wildman–Crippen LogP) is 3.04. The second-order valence-electron chi connectivity index (χ2n) is 4.60. The van der Waals surface area contributed by atoms with Gasteiger partial charge in [-0.1, -0.05) is 13.0 Å². The van der Waals surface area contributed by atoms with E-state index in [0.717, 1.165) is 25.8 Å². The van der Waals surface area contributed by atoms with Gasteiger partial charge in [-0.3, -0.25) is 0 Å². The number of hydrogen-bond donors (Lipinski definition) is 2. The Bertz CT molecular complexity index is 371. The third-order valence-corrected chi connectivity index (χ3v) is 3.02. The van der Waals surface area contributed by atoms with E-state index in [-0.39, 0.29) is 18.5 Å². The molecule has 0 amide bonds. The zero-order valence-corrected chi connectivity index (χ0v) is 11.8. The molecule has 1 rings (SSSR count). The average Bonchev–Trinajstić information content (AvgIpc) is 2.39. The summed E-state index contributed by atoms with van der Waals surface area (Å²) >= 11 is 0. The molecule has 0 saturated heterocycles. The Hall–Kier alpha value is -1.13. The maximum atomic E-state index is 13.9. The summed E-state index contributed by atoms with van der Waals surface area (Å²) in [5.41, 5.74) is 0.662. The molecule has 0 aliphatic heterocycles. The van der Waals surface area contributed by atoms with Crippen LogP contribution >= 0.6 is 0 Å². The topological polar surface area (TPSA) is 41.5 Å². The molecule has 0 spiro atoms. The second kappa shape index (κ2) is 8.88. The van der Waals surface area contributed by atoms with E-state index in [0.29, 0.717) is 17.9 Å². The van der Waals surface area contributed by atoms with E-state index in [2.05, 4.69) is 5.32 Å². The maximum Gasteiger partial charge on any atom is 0.131 e. The van der Waals surface area contributed by atoms with Crippen molar-refractivity contribution in [2.24, 2.45) is 0 Å². The van der Waals surface area contributed by atoms with Gasteiger partial charge in [0.05, 0.1) is 6.61 Å². The number of ether oxygens (including phenoxy) is 1. The molecule has 0 aliphatic carbocycles. The minimum absolute atomic E-state index is 0.00334. The SMILES string of the molecule is CCNC(C)c1ccc(OCCCCCO)cc1F. The maximum absolute atomic E-state index is 13.9. The summed E-state index contributed by atoms with van der Waals surface area (Å²) in [5.74, 6) is 0.329. The van der Waals surface area contributed by atoms with Crippen LogP contribution < -0.4 is 10.1 Å². The van der Waals surface area contributed by atoms with E-state index in [1.54, 1.807) is 12.1 Å². The van der Waals surface area contributed by atoms with Crippen molar-refractivity contribution in [2.45, 2.75) is 39.2 Å². The summed E-state index contributed by atoms with van der Waals surface area (Å²) in [4.78, 5) is 0. The van der Waals surface area contributed by atoms with E-state index < -0.39 is 0 Å². The lowest BCUT2D eigenvalue weighted by atomic mass is 10.1. The Kier molecular flexibility index (Phi) is 7.45. The molecule has 1 atom stereocenters. The molecule has 0 heterocycles. The molecular formula is C15H24FNO2. The van der Waals surface area contributed by atoms with Crippen LogP contribution in [0.15, 0.2) is 18.2 Å². The number of nitrogens with one attached hydrogen (secondary N) is 1. The Morgan fingerprint density at radius 2 is 2.11 bits per heavy atom. The molecule has 0 fully saturated rings. The van der Waals surface area contributed by atoms with Gasteiger partial charge in [0.15, 0.2) is 0 Å². The summed E-state index contributed by atoms with van der Waals surface area (Å²) in [6.45, 7) is 5.52. The average molecular weight is 269 g/mol. The molecule has 2 N–H and O–H groups in total. The first kappa shape index (κ1) is 15.9. The van der Waals surface area contributed by atoms with Crippen LogP contribution in [-0.4, -0.2) is 24.9 Å². The molecule has 0 bridgehead atoms. The minimum Gasteiger partial charge on any atom is -0.493 e. The van der Waals surface area contributed by atoms with Gasteiger partial charge in [-0.25, -0.2) is 4.39 Å². The van der Waals surface area contributed by atoms with E-state index >= 15 is 0 Å². The van der Waals surface area contributed by atoms with Gasteiger partial charge in [-0.2, -0.15) is 0 Å². The van der Waals surface area contributed by atoms with Gasteiger partial charge < -0.3 is 15.2 Å². The lowest BCUT2D eigenvalue weighted by Crippen LogP contribution is -2.18. The highest BCUT2D eigenvalue weighted by molar-refractivity contribution is 5.30. The zero-order valence-electron chi connectivity index (χ0n) is 11.8. The first-order valence-electron chi connectivity index (χ1n) is 6.95. The number of benzene rings is 1. The standard InChI is InChI=1S/C15H24FNO2/c1-3-17-12(2)14-8-7-13(11-15(14)16)19-10-6-4-5-9-18/h7-8,11-12,17-18H,3-6,9-10H2,1-2H3. The Morgan fingerprint density at radius 3 is 2.74 bits per heavy atom. The highest BCUT2D eigenvalue weighted by Crippen LogP contribution is 2.22. The molecule has 108 valence electrons. The number of rotatable bonds is 9. The minimum atomic E-state index is -0.235. The van der Waals surface area contributed by atoms with Crippen LogP contribution in [0.1, 0.15) is 44.7 Å². The van der Waals surface area contributed by atoms with Gasteiger partial charge >= 0.3 is 0 Å². The van der Waals surface area contributed by atoms with Crippen LogP contribution in [0.3, 0.4) is 0 Å². The third kappa shape index (κ3) is 5.57. The van der Waals surface area contributed by atoms with Crippen molar-refractivity contribution in [2.75, 3.05) is 19.8 Å². The number of halogens is 1. The van der Waals surface area contributed by atoms with Crippen molar-refractivity contribution in [3.63, 3.8) is 0 Å². The molecule has 0 aliphatic rings. The van der Waals surface area contributed by atoms with Crippen LogP contribution in [0.25, 0.3) is 0 Å². The third-order valence-electron chi connectivity index (χ3n) is 3.02. The van der Waals surface area contributed by atoms with Crippen LogP contribution in [0.2, 0.25) is 0 Å². The van der Waals surface area contributed by atoms with Crippen molar-refractivity contribution in [3.05, 3.63) is 29.6 Å². The van der Waals surface area contributed by atoms with Crippen molar-refractivity contribution in [1.29, 1.82) is 0 Å². The predicted molar refractivity (Wildman–Crippen MR) is 74.9 cm³/mol. The molecule has 0 radical (unpaired) electrons. The molecule has 0 aromatic heterocycles. The smallest absolute Gasteiger partial charge is 0.131 e. The van der Waals surface area contributed by atoms with Crippen molar-refractivity contribution >= 4 is 0 Å². The van der Waals surface area contributed by atoms with Crippen molar-refractivity contribution in [3.8, 4) is 5.75 Å². The van der Waals surface area contributed by atoms with E-state index in [1.807, 2.05) is 13.8 Å². The Balaban J connectivity index is 2.47. The molecular weight excluding hydrogens is 245 g/mol. The lowest BCUT2D eigenvalue weighted by molar-refractivity contribution is 0.265. The summed E-state index contributed by atoms with van der Waals surface area (Å²) in [5, 5.41) is 11.8. The second-order valence-corrected chi connectivity index (χ2v) is 4.60. The fourth-order valence-electron chi connectivity index (χ4n) is 1.95. The molecule has 19 heavy (non-hydrogen) atoms. The summed E-state index contributed by atoms with van der Waals surface area (Å²) in [6.07, 6.45) is 2.59.